The van der Waals surface area contributed by atoms with E-state index in [0.717, 1.165) is 18.8 Å². The summed E-state index contributed by atoms with van der Waals surface area (Å²) in [6.45, 7) is 4.88. The Bertz CT molecular complexity index is 393. The maximum Gasteiger partial charge on any atom is 0.226 e. The van der Waals surface area contributed by atoms with E-state index in [2.05, 4.69) is 19.2 Å². The first-order valence-electron chi connectivity index (χ1n) is 7.72. The fraction of sp³-hybridized carbons (Fsp3) is 0.938. The predicted octanol–water partition coefficient (Wildman–Crippen LogP) is 3.26. The molecule has 0 aromatic heterocycles. The van der Waals surface area contributed by atoms with E-state index in [-0.39, 0.29) is 5.41 Å². The third-order valence-corrected chi connectivity index (χ3v) is 6.02. The molecule has 5 fully saturated rings. The summed E-state index contributed by atoms with van der Waals surface area (Å²) in [5.74, 6) is 1.23. The Hall–Kier alpha value is -0.530. The van der Waals surface area contributed by atoms with Gasteiger partial charge in [-0.15, -0.1) is 0 Å². The van der Waals surface area contributed by atoms with Gasteiger partial charge in [-0.3, -0.25) is 4.79 Å². The number of rotatable bonds is 2. The lowest BCUT2D eigenvalue weighted by Crippen LogP contribution is -2.60. The van der Waals surface area contributed by atoms with Gasteiger partial charge < -0.3 is 5.32 Å². The highest BCUT2D eigenvalue weighted by Crippen LogP contribution is 2.69. The molecule has 18 heavy (non-hydrogen) atoms. The third kappa shape index (κ3) is 1.57. The van der Waals surface area contributed by atoms with Crippen LogP contribution < -0.4 is 5.32 Å². The van der Waals surface area contributed by atoms with Crippen LogP contribution in [-0.4, -0.2) is 11.9 Å². The molecule has 2 heteroatoms. The molecule has 0 heterocycles. The lowest BCUT2D eigenvalue weighted by Gasteiger charge is -2.64. The molecule has 5 aliphatic carbocycles. The van der Waals surface area contributed by atoms with E-state index in [1.165, 1.54) is 38.5 Å². The van der Waals surface area contributed by atoms with E-state index >= 15 is 0 Å². The average Bonchev–Trinajstić information content (AvgIpc) is 2.95. The van der Waals surface area contributed by atoms with Crippen molar-refractivity contribution in [1.29, 1.82) is 0 Å². The number of hydrogen-bond acceptors (Lipinski definition) is 1. The first-order valence-corrected chi connectivity index (χ1v) is 7.72. The molecule has 4 bridgehead atoms. The van der Waals surface area contributed by atoms with Crippen LogP contribution in [0.3, 0.4) is 0 Å². The molecule has 2 unspecified atom stereocenters. The van der Waals surface area contributed by atoms with Gasteiger partial charge in [0.25, 0.3) is 0 Å². The van der Waals surface area contributed by atoms with Crippen molar-refractivity contribution < 1.29 is 4.79 Å². The molecular weight excluding hydrogens is 222 g/mol. The molecule has 0 saturated heterocycles. The molecule has 0 aromatic rings. The molecule has 1 N–H and O–H groups in total. The Morgan fingerprint density at radius 2 is 1.61 bits per heavy atom. The van der Waals surface area contributed by atoms with E-state index < -0.39 is 0 Å². The molecule has 1 amide bonds. The number of hydrogen-bond donors (Lipinski definition) is 1. The summed E-state index contributed by atoms with van der Waals surface area (Å²) < 4.78 is 0. The summed E-state index contributed by atoms with van der Waals surface area (Å²) in [6, 6.07) is 0.520. The number of amides is 1. The van der Waals surface area contributed by atoms with Crippen LogP contribution in [0.4, 0.5) is 0 Å². The van der Waals surface area contributed by atoms with Gasteiger partial charge in [-0.1, -0.05) is 13.8 Å². The van der Waals surface area contributed by atoms with Crippen molar-refractivity contribution in [2.75, 3.05) is 0 Å². The van der Waals surface area contributed by atoms with Crippen LogP contribution in [0.1, 0.15) is 65.2 Å². The van der Waals surface area contributed by atoms with Gasteiger partial charge in [0.2, 0.25) is 5.91 Å². The Kier molecular flexibility index (Phi) is 1.97. The van der Waals surface area contributed by atoms with Gasteiger partial charge >= 0.3 is 0 Å². The predicted molar refractivity (Wildman–Crippen MR) is 71.0 cm³/mol. The van der Waals surface area contributed by atoms with Gasteiger partial charge in [0.05, 0.1) is 5.41 Å². The zero-order valence-corrected chi connectivity index (χ0v) is 11.7. The second kappa shape index (κ2) is 3.13. The van der Waals surface area contributed by atoms with Crippen molar-refractivity contribution in [3.63, 3.8) is 0 Å². The molecule has 5 rings (SSSR count). The first-order chi connectivity index (χ1) is 8.41. The molecule has 4 atom stereocenters. The Balaban J connectivity index is 1.66. The maximum absolute atomic E-state index is 12.7. The summed E-state index contributed by atoms with van der Waals surface area (Å²) in [4.78, 5) is 12.7. The summed E-state index contributed by atoms with van der Waals surface area (Å²) in [6.07, 6.45) is 10.0. The van der Waals surface area contributed by atoms with E-state index in [4.69, 9.17) is 0 Å². The summed E-state index contributed by atoms with van der Waals surface area (Å²) >= 11 is 0. The lowest BCUT2D eigenvalue weighted by atomic mass is 9.40. The van der Waals surface area contributed by atoms with E-state index in [1.807, 2.05) is 0 Å². The summed E-state index contributed by atoms with van der Waals surface area (Å²) in [7, 11) is 0. The van der Waals surface area contributed by atoms with Crippen LogP contribution in [0, 0.1) is 22.2 Å². The molecule has 100 valence electrons. The average molecular weight is 247 g/mol. The zero-order chi connectivity index (χ0) is 12.6. The van der Waals surface area contributed by atoms with Crippen molar-refractivity contribution in [3.8, 4) is 0 Å². The van der Waals surface area contributed by atoms with Crippen molar-refractivity contribution in [2.45, 2.75) is 71.3 Å². The second-order valence-electron chi connectivity index (χ2n) is 8.66. The van der Waals surface area contributed by atoms with Crippen molar-refractivity contribution in [2.24, 2.45) is 22.2 Å². The highest BCUT2D eigenvalue weighted by atomic mass is 16.2. The van der Waals surface area contributed by atoms with Gasteiger partial charge in [0.15, 0.2) is 0 Å². The van der Waals surface area contributed by atoms with Gasteiger partial charge in [-0.05, 0) is 68.1 Å². The number of carbonyl (C=O) groups excluding carboxylic acids is 1. The largest absolute Gasteiger partial charge is 0.353 e. The molecular formula is C16H25NO. The van der Waals surface area contributed by atoms with Crippen molar-refractivity contribution in [1.82, 2.24) is 5.32 Å². The third-order valence-electron chi connectivity index (χ3n) is 6.02. The standard InChI is InChI=1S/C16H25NO/c1-14-5-11-6-15(2,8-14)10-16(7-11,9-14)13(18)17-12-3-4-12/h11-12H,3-10H2,1-2H3,(H,17,18)/t11?,14-,15+,16?. The maximum atomic E-state index is 12.7. The van der Waals surface area contributed by atoms with Crippen LogP contribution in [0.15, 0.2) is 0 Å². The minimum atomic E-state index is 0.00546. The number of nitrogens with one attached hydrogen (secondary N) is 1. The fourth-order valence-electron chi connectivity index (χ4n) is 6.27. The lowest BCUT2D eigenvalue weighted by molar-refractivity contribution is -0.170. The van der Waals surface area contributed by atoms with E-state index in [0.29, 0.717) is 22.8 Å². The quantitative estimate of drug-likeness (QED) is 0.797. The normalized spacial score (nSPS) is 53.6. The van der Waals surface area contributed by atoms with Crippen molar-refractivity contribution >= 4 is 5.91 Å². The van der Waals surface area contributed by atoms with Gasteiger partial charge in [-0.2, -0.15) is 0 Å². The smallest absolute Gasteiger partial charge is 0.226 e. The zero-order valence-electron chi connectivity index (χ0n) is 11.7. The van der Waals surface area contributed by atoms with Gasteiger partial charge in [0.1, 0.15) is 0 Å². The first kappa shape index (κ1) is 11.3. The van der Waals surface area contributed by atoms with Gasteiger partial charge in [0, 0.05) is 6.04 Å². The fourth-order valence-corrected chi connectivity index (χ4v) is 6.27. The minimum Gasteiger partial charge on any atom is -0.353 e. The molecule has 5 saturated carbocycles. The monoisotopic (exact) mass is 247 g/mol. The van der Waals surface area contributed by atoms with Crippen LogP contribution in [0.25, 0.3) is 0 Å². The molecule has 0 aromatic carbocycles. The Labute approximate surface area is 110 Å². The molecule has 5 aliphatic rings. The highest BCUT2D eigenvalue weighted by Gasteiger charge is 2.62. The van der Waals surface area contributed by atoms with E-state index in [1.54, 1.807) is 0 Å². The minimum absolute atomic E-state index is 0.00546. The molecule has 0 spiro atoms. The van der Waals surface area contributed by atoms with E-state index in [9.17, 15) is 4.79 Å². The SMILES string of the molecule is C[C@]12CC3CC(C(=O)NC4CC4)(C1)C[C@@](C)(C3)C2. The van der Waals surface area contributed by atoms with Crippen LogP contribution >= 0.6 is 0 Å². The van der Waals surface area contributed by atoms with Crippen LogP contribution in [0.2, 0.25) is 0 Å². The summed E-state index contributed by atoms with van der Waals surface area (Å²) in [5.41, 5.74) is 0.912. The molecule has 2 nitrogen and oxygen atoms in total. The summed E-state index contributed by atoms with van der Waals surface area (Å²) in [5, 5.41) is 3.31. The Morgan fingerprint density at radius 1 is 1.00 bits per heavy atom. The second-order valence-corrected chi connectivity index (χ2v) is 8.66. The molecule has 0 radical (unpaired) electrons. The topological polar surface area (TPSA) is 29.1 Å². The Morgan fingerprint density at radius 3 is 2.11 bits per heavy atom. The van der Waals surface area contributed by atoms with Crippen LogP contribution in [-0.2, 0) is 4.79 Å². The van der Waals surface area contributed by atoms with Crippen molar-refractivity contribution in [3.05, 3.63) is 0 Å². The van der Waals surface area contributed by atoms with Gasteiger partial charge in [-0.25, -0.2) is 0 Å². The van der Waals surface area contributed by atoms with Crippen LogP contribution in [0.5, 0.6) is 0 Å². The number of carbonyl (C=O) groups is 1. The highest BCUT2D eigenvalue weighted by molar-refractivity contribution is 5.84. The molecule has 0 aliphatic heterocycles.